The van der Waals surface area contributed by atoms with Gasteiger partial charge >= 0.3 is 0 Å². The normalized spacial score (nSPS) is 14.1. The van der Waals surface area contributed by atoms with Crippen molar-refractivity contribution >= 4 is 68.9 Å². The molecular formula is C21H20BrCl2N7O. The van der Waals surface area contributed by atoms with Crippen LogP contribution in [0.5, 0.6) is 0 Å². The summed E-state index contributed by atoms with van der Waals surface area (Å²) in [5, 5.41) is 8.69. The molecule has 2 aromatic carbocycles. The first-order chi connectivity index (χ1) is 15.5. The van der Waals surface area contributed by atoms with Crippen molar-refractivity contribution in [1.82, 2.24) is 15.0 Å². The van der Waals surface area contributed by atoms with Crippen LogP contribution in [-0.2, 0) is 4.74 Å². The SMILES string of the molecule is Cc1cc(Br)c(Nc2nc(N/N=C/c3ccccc3Cl)nc(N3CCOCC3)n2)cc1Cl. The van der Waals surface area contributed by atoms with Crippen LogP contribution in [0.2, 0.25) is 10.0 Å². The molecule has 0 radical (unpaired) electrons. The van der Waals surface area contributed by atoms with Crippen LogP contribution in [0.15, 0.2) is 46.0 Å². The minimum absolute atomic E-state index is 0.293. The van der Waals surface area contributed by atoms with E-state index < -0.39 is 0 Å². The molecule has 8 nitrogen and oxygen atoms in total. The van der Waals surface area contributed by atoms with Crippen LogP contribution in [0, 0.1) is 6.92 Å². The highest BCUT2D eigenvalue weighted by Gasteiger charge is 2.17. The first-order valence-corrected chi connectivity index (χ1v) is 11.4. The molecule has 0 saturated carbocycles. The minimum Gasteiger partial charge on any atom is -0.378 e. The summed E-state index contributed by atoms with van der Waals surface area (Å²) in [7, 11) is 0. The number of aromatic nitrogens is 3. The average molecular weight is 537 g/mol. The second-order valence-electron chi connectivity index (χ2n) is 6.98. The summed E-state index contributed by atoms with van der Waals surface area (Å²) in [5.74, 6) is 1.18. The molecule has 1 aliphatic rings. The number of halogens is 3. The van der Waals surface area contributed by atoms with Gasteiger partial charge in [-0.3, -0.25) is 0 Å². The Kier molecular flexibility index (Phi) is 7.41. The first kappa shape index (κ1) is 22.7. The number of morpholine rings is 1. The van der Waals surface area contributed by atoms with Gasteiger partial charge < -0.3 is 15.0 Å². The third-order valence-corrected chi connectivity index (χ3v) is 6.09. The number of ether oxygens (including phenoxy) is 1. The highest BCUT2D eigenvalue weighted by atomic mass is 79.9. The Labute approximate surface area is 204 Å². The molecule has 0 bridgehead atoms. The second-order valence-corrected chi connectivity index (χ2v) is 8.65. The van der Waals surface area contributed by atoms with Gasteiger partial charge in [-0.25, -0.2) is 5.43 Å². The summed E-state index contributed by atoms with van der Waals surface area (Å²) in [6.45, 7) is 4.54. The molecule has 1 fully saturated rings. The first-order valence-electron chi connectivity index (χ1n) is 9.84. The van der Waals surface area contributed by atoms with Crippen LogP contribution >= 0.6 is 39.1 Å². The number of nitrogens with zero attached hydrogens (tertiary/aromatic N) is 5. The minimum atomic E-state index is 0.293. The van der Waals surface area contributed by atoms with Crippen LogP contribution < -0.4 is 15.6 Å². The molecule has 2 heterocycles. The van der Waals surface area contributed by atoms with Crippen molar-refractivity contribution in [3.8, 4) is 0 Å². The van der Waals surface area contributed by atoms with E-state index in [1.807, 2.05) is 42.2 Å². The van der Waals surface area contributed by atoms with Gasteiger partial charge in [-0.05, 0) is 46.6 Å². The summed E-state index contributed by atoms with van der Waals surface area (Å²) >= 11 is 16.0. The summed E-state index contributed by atoms with van der Waals surface area (Å²) in [6.07, 6.45) is 1.62. The van der Waals surface area contributed by atoms with Crippen molar-refractivity contribution in [2.75, 3.05) is 41.9 Å². The Morgan fingerprint density at radius 1 is 1.06 bits per heavy atom. The lowest BCUT2D eigenvalue weighted by molar-refractivity contribution is 0.122. The van der Waals surface area contributed by atoms with Gasteiger partial charge in [0.05, 0.1) is 25.1 Å². The number of rotatable bonds is 6. The number of hydrogen-bond donors (Lipinski definition) is 2. The summed E-state index contributed by atoms with van der Waals surface area (Å²) < 4.78 is 6.29. The van der Waals surface area contributed by atoms with E-state index >= 15 is 0 Å². The maximum atomic E-state index is 6.30. The lowest BCUT2D eigenvalue weighted by atomic mass is 10.2. The molecule has 4 rings (SSSR count). The fourth-order valence-electron chi connectivity index (χ4n) is 2.98. The van der Waals surface area contributed by atoms with Crippen molar-refractivity contribution in [2.24, 2.45) is 5.10 Å². The van der Waals surface area contributed by atoms with Crippen LogP contribution in [0.25, 0.3) is 0 Å². The van der Waals surface area contributed by atoms with E-state index in [0.29, 0.717) is 54.2 Å². The van der Waals surface area contributed by atoms with E-state index in [0.717, 1.165) is 21.3 Å². The molecule has 1 aromatic heterocycles. The topological polar surface area (TPSA) is 87.6 Å². The molecule has 0 aliphatic carbocycles. The third kappa shape index (κ3) is 5.66. The highest BCUT2D eigenvalue weighted by molar-refractivity contribution is 9.10. The number of hydrazone groups is 1. The maximum absolute atomic E-state index is 6.30. The van der Waals surface area contributed by atoms with Gasteiger partial charge in [-0.2, -0.15) is 20.1 Å². The molecule has 1 saturated heterocycles. The summed E-state index contributed by atoms with van der Waals surface area (Å²) in [5.41, 5.74) is 5.36. The zero-order chi connectivity index (χ0) is 22.5. The number of nitrogens with one attached hydrogen (secondary N) is 2. The molecule has 0 amide bonds. The smallest absolute Gasteiger partial charge is 0.250 e. The molecule has 0 unspecified atom stereocenters. The summed E-state index contributed by atoms with van der Waals surface area (Å²) in [4.78, 5) is 15.6. The van der Waals surface area contributed by atoms with Gasteiger partial charge in [0.15, 0.2) is 0 Å². The summed E-state index contributed by atoms with van der Waals surface area (Å²) in [6, 6.07) is 11.2. The van der Waals surface area contributed by atoms with Crippen LogP contribution in [0.1, 0.15) is 11.1 Å². The zero-order valence-corrected chi connectivity index (χ0v) is 20.2. The Morgan fingerprint density at radius 3 is 2.59 bits per heavy atom. The van der Waals surface area contributed by atoms with Crippen molar-refractivity contribution in [2.45, 2.75) is 6.92 Å². The quantitative estimate of drug-likeness (QED) is 0.327. The predicted molar refractivity (Wildman–Crippen MR) is 133 cm³/mol. The number of benzene rings is 2. The van der Waals surface area contributed by atoms with Gasteiger partial charge in [0, 0.05) is 33.2 Å². The monoisotopic (exact) mass is 535 g/mol. The van der Waals surface area contributed by atoms with Gasteiger partial charge in [-0.1, -0.05) is 41.4 Å². The fourth-order valence-corrected chi connectivity index (χ4v) is 3.88. The average Bonchev–Trinajstić information content (AvgIpc) is 2.79. The van der Waals surface area contributed by atoms with Gasteiger partial charge in [0.1, 0.15) is 0 Å². The third-order valence-electron chi connectivity index (χ3n) is 4.69. The number of aryl methyl sites for hydroxylation is 1. The van der Waals surface area contributed by atoms with Crippen LogP contribution in [-0.4, -0.2) is 47.5 Å². The van der Waals surface area contributed by atoms with Crippen molar-refractivity contribution < 1.29 is 4.74 Å². The van der Waals surface area contributed by atoms with Crippen LogP contribution in [0.4, 0.5) is 23.5 Å². The molecule has 3 aromatic rings. The van der Waals surface area contributed by atoms with Gasteiger partial charge in [0.2, 0.25) is 17.8 Å². The fraction of sp³-hybridized carbons (Fsp3) is 0.238. The standard InChI is InChI=1S/C21H20BrCl2N7O/c1-13-10-15(22)18(11-17(13)24)26-19-27-20(29-21(28-19)31-6-8-32-9-7-31)30-25-12-14-4-2-3-5-16(14)23/h2-5,10-12H,6-9H2,1H3,(H2,26,27,28,29,30)/b25-12+. The lowest BCUT2D eigenvalue weighted by Gasteiger charge is -2.27. The highest BCUT2D eigenvalue weighted by Crippen LogP contribution is 2.31. The van der Waals surface area contributed by atoms with E-state index in [9.17, 15) is 0 Å². The van der Waals surface area contributed by atoms with Gasteiger partial charge in [-0.15, -0.1) is 0 Å². The zero-order valence-electron chi connectivity index (χ0n) is 17.1. The van der Waals surface area contributed by atoms with E-state index in [1.165, 1.54) is 0 Å². The molecule has 32 heavy (non-hydrogen) atoms. The van der Waals surface area contributed by atoms with Crippen molar-refractivity contribution in [1.29, 1.82) is 0 Å². The van der Waals surface area contributed by atoms with Crippen LogP contribution in [0.3, 0.4) is 0 Å². The predicted octanol–water partition coefficient (Wildman–Crippen LogP) is 5.28. The van der Waals surface area contributed by atoms with E-state index in [-0.39, 0.29) is 0 Å². The molecule has 0 spiro atoms. The molecule has 0 atom stereocenters. The molecule has 2 N–H and O–H groups in total. The Bertz CT molecular complexity index is 1140. The Balaban J connectivity index is 1.62. The van der Waals surface area contributed by atoms with E-state index in [4.69, 9.17) is 27.9 Å². The Hall–Kier alpha value is -2.46. The Morgan fingerprint density at radius 2 is 1.81 bits per heavy atom. The van der Waals surface area contributed by atoms with E-state index in [2.05, 4.69) is 46.7 Å². The molecule has 1 aliphatic heterocycles. The molecule has 166 valence electrons. The largest absolute Gasteiger partial charge is 0.378 e. The maximum Gasteiger partial charge on any atom is 0.250 e. The van der Waals surface area contributed by atoms with Gasteiger partial charge in [0.25, 0.3) is 0 Å². The van der Waals surface area contributed by atoms with E-state index in [1.54, 1.807) is 12.3 Å². The number of anilines is 4. The lowest BCUT2D eigenvalue weighted by Crippen LogP contribution is -2.37. The second kappa shape index (κ2) is 10.4. The molecular weight excluding hydrogens is 517 g/mol. The van der Waals surface area contributed by atoms with Crippen molar-refractivity contribution in [3.05, 3.63) is 62.0 Å². The molecule has 11 heteroatoms. The number of hydrogen-bond acceptors (Lipinski definition) is 8. The van der Waals surface area contributed by atoms with Crippen molar-refractivity contribution in [3.63, 3.8) is 0 Å².